The van der Waals surface area contributed by atoms with Crippen LogP contribution in [-0.4, -0.2) is 55.0 Å². The molecule has 29 heavy (non-hydrogen) atoms. The fourth-order valence-electron chi connectivity index (χ4n) is 4.23. The predicted octanol–water partition coefficient (Wildman–Crippen LogP) is 4.24. The normalized spacial score (nSPS) is 22.3. The Morgan fingerprint density at radius 3 is 2.62 bits per heavy atom. The number of carbonyl (C=O) groups is 1. The molecule has 154 valence electrons. The number of benzene rings is 2. The van der Waals surface area contributed by atoms with E-state index >= 15 is 0 Å². The molecule has 1 aliphatic heterocycles. The minimum absolute atomic E-state index is 0.109. The molecule has 2 aromatic carbocycles. The molecule has 1 saturated heterocycles. The molecule has 0 saturated carbocycles. The van der Waals surface area contributed by atoms with Gasteiger partial charge in [0.25, 0.3) is 0 Å². The van der Waals surface area contributed by atoms with E-state index in [4.69, 9.17) is 27.9 Å². The average Bonchev–Trinajstić information content (AvgIpc) is 3.01. The van der Waals surface area contributed by atoms with Crippen LogP contribution in [-0.2, 0) is 11.2 Å². The Bertz CT molecular complexity index is 913. The molecule has 0 bridgehead atoms. The maximum Gasteiger partial charge on any atom is 0.221 e. The van der Waals surface area contributed by atoms with E-state index in [9.17, 15) is 4.79 Å². The SMILES string of the molecule is CC(=O)Nc1cccc(O[C@H]2c3cc(Cl)cc(Cl)c3C[C@@H]2N2CCN(C)CC2)c1. The Labute approximate surface area is 181 Å². The lowest BCUT2D eigenvalue weighted by molar-refractivity contribution is -0.114. The molecule has 5 nitrogen and oxygen atoms in total. The smallest absolute Gasteiger partial charge is 0.221 e. The van der Waals surface area contributed by atoms with Crippen LogP contribution in [0.1, 0.15) is 24.2 Å². The second-order valence-corrected chi connectivity index (χ2v) is 8.66. The highest BCUT2D eigenvalue weighted by Gasteiger charge is 2.40. The first-order valence-electron chi connectivity index (χ1n) is 9.85. The Morgan fingerprint density at radius 2 is 1.90 bits per heavy atom. The highest BCUT2D eigenvalue weighted by Crippen LogP contribution is 2.43. The summed E-state index contributed by atoms with van der Waals surface area (Å²) in [6.45, 7) is 5.55. The van der Waals surface area contributed by atoms with Crippen LogP contribution < -0.4 is 10.1 Å². The van der Waals surface area contributed by atoms with Gasteiger partial charge in [0, 0.05) is 60.5 Å². The number of nitrogens with one attached hydrogen (secondary N) is 1. The zero-order valence-corrected chi connectivity index (χ0v) is 18.1. The van der Waals surface area contributed by atoms with Crippen LogP contribution in [0.2, 0.25) is 10.0 Å². The van der Waals surface area contributed by atoms with E-state index in [2.05, 4.69) is 22.2 Å². The molecule has 0 aromatic heterocycles. The highest BCUT2D eigenvalue weighted by molar-refractivity contribution is 6.35. The van der Waals surface area contributed by atoms with Gasteiger partial charge in [-0.1, -0.05) is 29.3 Å². The molecule has 0 unspecified atom stereocenters. The largest absolute Gasteiger partial charge is 0.484 e. The van der Waals surface area contributed by atoms with Crippen molar-refractivity contribution in [2.75, 3.05) is 38.5 Å². The number of carbonyl (C=O) groups excluding carboxylic acids is 1. The molecular weight excluding hydrogens is 409 g/mol. The van der Waals surface area contributed by atoms with Crippen molar-refractivity contribution in [3.05, 3.63) is 57.6 Å². The number of likely N-dealkylation sites (N-methyl/N-ethyl adjacent to an activating group) is 1. The van der Waals surface area contributed by atoms with Gasteiger partial charge in [-0.2, -0.15) is 0 Å². The third kappa shape index (κ3) is 4.53. The number of rotatable bonds is 4. The van der Waals surface area contributed by atoms with Gasteiger partial charge in [0.1, 0.15) is 11.9 Å². The van der Waals surface area contributed by atoms with Gasteiger partial charge in [-0.05, 0) is 43.3 Å². The lowest BCUT2D eigenvalue weighted by Crippen LogP contribution is -2.50. The van der Waals surface area contributed by atoms with E-state index in [0.717, 1.165) is 43.7 Å². The summed E-state index contributed by atoms with van der Waals surface area (Å²) < 4.78 is 6.50. The fourth-order valence-corrected chi connectivity index (χ4v) is 4.82. The van der Waals surface area contributed by atoms with E-state index in [1.54, 1.807) is 0 Å². The molecule has 1 heterocycles. The number of amides is 1. The van der Waals surface area contributed by atoms with Crippen LogP contribution >= 0.6 is 23.2 Å². The van der Waals surface area contributed by atoms with Crippen molar-refractivity contribution in [1.29, 1.82) is 0 Å². The number of ether oxygens (including phenoxy) is 1. The van der Waals surface area contributed by atoms with Crippen molar-refractivity contribution in [1.82, 2.24) is 9.80 Å². The van der Waals surface area contributed by atoms with E-state index in [1.165, 1.54) is 6.92 Å². The predicted molar refractivity (Wildman–Crippen MR) is 117 cm³/mol. The van der Waals surface area contributed by atoms with Crippen LogP contribution in [0, 0.1) is 0 Å². The number of fused-ring (bicyclic) bond motifs is 1. The lowest BCUT2D eigenvalue weighted by Gasteiger charge is -2.38. The van der Waals surface area contributed by atoms with E-state index in [1.807, 2.05) is 36.4 Å². The van der Waals surface area contributed by atoms with Crippen molar-refractivity contribution in [2.45, 2.75) is 25.5 Å². The number of anilines is 1. The summed E-state index contributed by atoms with van der Waals surface area (Å²) in [6.07, 6.45) is 0.669. The zero-order chi connectivity index (χ0) is 20.5. The molecule has 1 amide bonds. The first-order chi connectivity index (χ1) is 13.9. The molecule has 0 radical (unpaired) electrons. The highest BCUT2D eigenvalue weighted by atomic mass is 35.5. The quantitative estimate of drug-likeness (QED) is 0.782. The average molecular weight is 434 g/mol. The summed E-state index contributed by atoms with van der Waals surface area (Å²) >= 11 is 12.9. The molecular formula is C22H25Cl2N3O2. The summed E-state index contributed by atoms with van der Waals surface area (Å²) in [5.74, 6) is 0.603. The lowest BCUT2D eigenvalue weighted by atomic mass is 10.1. The molecule has 4 rings (SSSR count). The maximum atomic E-state index is 11.4. The summed E-state index contributed by atoms with van der Waals surface area (Å²) in [6, 6.07) is 11.5. The van der Waals surface area contributed by atoms with Gasteiger partial charge in [-0.25, -0.2) is 0 Å². The number of hydrogen-bond acceptors (Lipinski definition) is 4. The molecule has 0 spiro atoms. The topological polar surface area (TPSA) is 44.8 Å². The van der Waals surface area contributed by atoms with Gasteiger partial charge >= 0.3 is 0 Å². The third-order valence-corrected chi connectivity index (χ3v) is 6.24. The zero-order valence-electron chi connectivity index (χ0n) is 16.6. The summed E-state index contributed by atoms with van der Waals surface area (Å²) in [5, 5.41) is 4.13. The molecule has 1 fully saturated rings. The fraction of sp³-hybridized carbons (Fsp3) is 0.409. The molecule has 7 heteroatoms. The summed E-state index contributed by atoms with van der Waals surface area (Å²) in [4.78, 5) is 16.2. The van der Waals surface area contributed by atoms with Crippen LogP contribution in [0.15, 0.2) is 36.4 Å². The second-order valence-electron chi connectivity index (χ2n) is 7.81. The van der Waals surface area contributed by atoms with E-state index in [-0.39, 0.29) is 18.1 Å². The van der Waals surface area contributed by atoms with Gasteiger partial charge in [-0.15, -0.1) is 0 Å². The Kier molecular flexibility index (Phi) is 6.02. The van der Waals surface area contributed by atoms with Crippen molar-refractivity contribution in [3.63, 3.8) is 0 Å². The first-order valence-corrected chi connectivity index (χ1v) is 10.6. The van der Waals surface area contributed by atoms with Gasteiger partial charge in [0.15, 0.2) is 0 Å². The standard InChI is InChI=1S/C22H25Cl2N3O2/c1-14(28)25-16-4-3-5-17(12-16)29-22-19-10-15(23)11-20(24)18(19)13-21(22)27-8-6-26(2)7-9-27/h3-5,10-12,21-22H,6-9,13H2,1-2H3,(H,25,28)/t21-,22-/m0/s1. The third-order valence-electron chi connectivity index (χ3n) is 5.69. The minimum atomic E-state index is -0.169. The molecule has 1 N–H and O–H groups in total. The number of halogens is 2. The Morgan fingerprint density at radius 1 is 1.14 bits per heavy atom. The van der Waals surface area contributed by atoms with E-state index < -0.39 is 0 Å². The summed E-state index contributed by atoms with van der Waals surface area (Å²) in [5.41, 5.74) is 2.88. The second kappa shape index (κ2) is 8.52. The van der Waals surface area contributed by atoms with Gasteiger partial charge < -0.3 is 15.0 Å². The van der Waals surface area contributed by atoms with Crippen LogP contribution in [0.4, 0.5) is 5.69 Å². The molecule has 2 atom stereocenters. The first kappa shape index (κ1) is 20.5. The van der Waals surface area contributed by atoms with Crippen molar-refractivity contribution in [3.8, 4) is 5.75 Å². The monoisotopic (exact) mass is 433 g/mol. The van der Waals surface area contributed by atoms with Crippen LogP contribution in [0.5, 0.6) is 5.75 Å². The summed E-state index contributed by atoms with van der Waals surface area (Å²) in [7, 11) is 2.15. The van der Waals surface area contributed by atoms with Crippen molar-refractivity contribution >= 4 is 34.8 Å². The Hall–Kier alpha value is -1.79. The van der Waals surface area contributed by atoms with Crippen molar-refractivity contribution in [2.24, 2.45) is 0 Å². The number of piperazine rings is 1. The Balaban J connectivity index is 1.65. The molecule has 2 aliphatic rings. The van der Waals surface area contributed by atoms with Gasteiger partial charge in [0.05, 0.1) is 6.04 Å². The molecule has 2 aromatic rings. The van der Waals surface area contributed by atoms with E-state index in [0.29, 0.717) is 21.5 Å². The number of nitrogens with zero attached hydrogens (tertiary/aromatic N) is 2. The van der Waals surface area contributed by atoms with Crippen LogP contribution in [0.25, 0.3) is 0 Å². The molecule has 1 aliphatic carbocycles. The minimum Gasteiger partial charge on any atom is -0.484 e. The van der Waals surface area contributed by atoms with Crippen molar-refractivity contribution < 1.29 is 9.53 Å². The van der Waals surface area contributed by atoms with Gasteiger partial charge in [-0.3, -0.25) is 9.69 Å². The van der Waals surface area contributed by atoms with Gasteiger partial charge in [0.2, 0.25) is 5.91 Å². The van der Waals surface area contributed by atoms with Crippen LogP contribution in [0.3, 0.4) is 0 Å². The maximum absolute atomic E-state index is 11.4. The number of hydrogen-bond donors (Lipinski definition) is 1.